The van der Waals surface area contributed by atoms with Crippen LogP contribution < -0.4 is 5.32 Å². The molecule has 40 heavy (non-hydrogen) atoms. The van der Waals surface area contributed by atoms with E-state index in [2.05, 4.69) is 10.3 Å². The Hall–Kier alpha value is -4.33. The van der Waals surface area contributed by atoms with E-state index in [1.54, 1.807) is 30.5 Å². The summed E-state index contributed by atoms with van der Waals surface area (Å²) < 4.78 is 29.9. The number of benzene rings is 2. The number of nitrogens with one attached hydrogen (secondary N) is 1. The number of carboxylic acid groups (broad SMARTS) is 1. The van der Waals surface area contributed by atoms with Crippen LogP contribution in [0.2, 0.25) is 0 Å². The van der Waals surface area contributed by atoms with E-state index in [1.165, 1.54) is 39.9 Å². The fourth-order valence-corrected chi connectivity index (χ4v) is 7.06. The molecule has 0 radical (unpaired) electrons. The molecule has 13 heteroatoms. The van der Waals surface area contributed by atoms with E-state index >= 15 is 0 Å². The van der Waals surface area contributed by atoms with Gasteiger partial charge in [-0.1, -0.05) is 12.1 Å². The Morgan fingerprint density at radius 1 is 1.10 bits per heavy atom. The standard InChI is InChI=1S/C27H24N6O5S2/c34-20-5-1-3-18(15-20)23-24(33-13-14-39-27(33)31-23)22-10-11-28-26(30-22)29-19-4-2-12-32(16-19)40(37,38)21-8-6-17(7-9-21)25(35)36/h1,3,5-11,13-15,19,34H,2,4,12,16H2,(H,35,36)(H,28,29,30)/t19-/m1/s1. The summed E-state index contributed by atoms with van der Waals surface area (Å²) in [6.45, 7) is 0.577. The molecule has 6 rings (SSSR count). The normalized spacial score (nSPS) is 16.2. The molecule has 3 aromatic heterocycles. The van der Waals surface area contributed by atoms with Gasteiger partial charge in [-0.05, 0) is 55.3 Å². The number of carboxylic acids is 1. The van der Waals surface area contributed by atoms with Crippen LogP contribution in [0, 0.1) is 0 Å². The molecule has 3 N–H and O–H groups in total. The third-order valence-corrected chi connectivity index (χ3v) is 9.37. The summed E-state index contributed by atoms with van der Waals surface area (Å²) in [5.41, 5.74) is 2.84. The van der Waals surface area contributed by atoms with Crippen molar-refractivity contribution < 1.29 is 23.4 Å². The summed E-state index contributed by atoms with van der Waals surface area (Å²) >= 11 is 1.49. The third kappa shape index (κ3) is 4.90. The number of carbonyl (C=O) groups is 1. The highest BCUT2D eigenvalue weighted by Gasteiger charge is 2.31. The van der Waals surface area contributed by atoms with Crippen LogP contribution in [0.4, 0.5) is 5.95 Å². The van der Waals surface area contributed by atoms with Crippen molar-refractivity contribution in [2.24, 2.45) is 0 Å². The first-order valence-electron chi connectivity index (χ1n) is 12.5. The van der Waals surface area contributed by atoms with Crippen molar-refractivity contribution in [2.45, 2.75) is 23.8 Å². The maximum atomic E-state index is 13.3. The van der Waals surface area contributed by atoms with Gasteiger partial charge in [0.1, 0.15) is 11.4 Å². The van der Waals surface area contributed by atoms with Crippen LogP contribution in [-0.2, 0) is 10.0 Å². The number of nitrogens with zero attached hydrogens (tertiary/aromatic N) is 5. The molecular formula is C27H24N6O5S2. The van der Waals surface area contributed by atoms with Crippen molar-refractivity contribution in [3.8, 4) is 28.4 Å². The van der Waals surface area contributed by atoms with Gasteiger partial charge in [0, 0.05) is 42.5 Å². The minimum Gasteiger partial charge on any atom is -0.508 e. The number of fused-ring (bicyclic) bond motifs is 1. The highest BCUT2D eigenvalue weighted by atomic mass is 32.2. The maximum Gasteiger partial charge on any atom is 0.335 e. The number of aromatic nitrogens is 4. The van der Waals surface area contributed by atoms with Gasteiger partial charge in [0.05, 0.1) is 21.8 Å². The van der Waals surface area contributed by atoms with Gasteiger partial charge >= 0.3 is 5.97 Å². The quantitative estimate of drug-likeness (QED) is 0.259. The summed E-state index contributed by atoms with van der Waals surface area (Å²) in [6, 6.07) is 13.7. The lowest BCUT2D eigenvalue weighted by atomic mass is 10.1. The largest absolute Gasteiger partial charge is 0.508 e. The number of hydrogen-bond donors (Lipinski definition) is 3. The molecule has 1 aliphatic rings. The SMILES string of the molecule is O=C(O)c1ccc(S(=O)(=O)N2CCC[C@@H](Nc3nccc(-c4c(-c5cccc(O)c5)nc5sccn45)n3)C2)cc1. The molecule has 1 saturated heterocycles. The third-order valence-electron chi connectivity index (χ3n) is 6.74. The Morgan fingerprint density at radius 3 is 2.70 bits per heavy atom. The number of rotatable bonds is 7. The van der Waals surface area contributed by atoms with Crippen LogP contribution in [-0.4, -0.2) is 67.4 Å². The van der Waals surface area contributed by atoms with Crippen molar-refractivity contribution in [1.82, 2.24) is 23.7 Å². The highest BCUT2D eigenvalue weighted by molar-refractivity contribution is 7.89. The molecule has 0 bridgehead atoms. The van der Waals surface area contributed by atoms with Crippen molar-refractivity contribution in [3.63, 3.8) is 0 Å². The molecule has 204 valence electrons. The first kappa shape index (κ1) is 25.9. The highest BCUT2D eigenvalue weighted by Crippen LogP contribution is 2.35. The average molecular weight is 577 g/mol. The zero-order chi connectivity index (χ0) is 27.9. The summed E-state index contributed by atoms with van der Waals surface area (Å²) in [4.78, 5) is 25.9. The predicted octanol–water partition coefficient (Wildman–Crippen LogP) is 4.19. The van der Waals surface area contributed by atoms with E-state index in [0.29, 0.717) is 30.3 Å². The van der Waals surface area contributed by atoms with Gasteiger partial charge in [-0.3, -0.25) is 4.40 Å². The molecule has 5 aromatic rings. The number of piperidine rings is 1. The Labute approximate surface area is 233 Å². The molecule has 1 atom stereocenters. The van der Waals surface area contributed by atoms with E-state index in [9.17, 15) is 18.3 Å². The van der Waals surface area contributed by atoms with E-state index in [0.717, 1.165) is 22.6 Å². The van der Waals surface area contributed by atoms with Gasteiger partial charge < -0.3 is 15.5 Å². The van der Waals surface area contributed by atoms with Gasteiger partial charge in [-0.15, -0.1) is 11.3 Å². The predicted molar refractivity (Wildman–Crippen MR) is 150 cm³/mol. The van der Waals surface area contributed by atoms with Crippen molar-refractivity contribution in [3.05, 3.63) is 77.9 Å². The van der Waals surface area contributed by atoms with E-state index < -0.39 is 16.0 Å². The fraction of sp³-hybridized carbons (Fsp3) is 0.185. The number of phenols is 1. The Morgan fingerprint density at radius 2 is 1.93 bits per heavy atom. The van der Waals surface area contributed by atoms with Crippen LogP contribution >= 0.6 is 11.3 Å². The second-order valence-corrected chi connectivity index (χ2v) is 12.2. The molecule has 4 heterocycles. The number of imidazole rings is 1. The van der Waals surface area contributed by atoms with Crippen molar-refractivity contribution in [1.29, 1.82) is 0 Å². The summed E-state index contributed by atoms with van der Waals surface area (Å²) in [7, 11) is -3.80. The Balaban J connectivity index is 1.26. The number of hydrogen-bond acceptors (Lipinski definition) is 9. The lowest BCUT2D eigenvalue weighted by Crippen LogP contribution is -2.45. The van der Waals surface area contributed by atoms with Crippen LogP contribution in [0.5, 0.6) is 5.75 Å². The monoisotopic (exact) mass is 576 g/mol. The molecule has 0 unspecified atom stereocenters. The molecule has 1 aliphatic heterocycles. The van der Waals surface area contributed by atoms with Gasteiger partial charge in [0.25, 0.3) is 0 Å². The average Bonchev–Trinajstić information content (AvgIpc) is 3.55. The van der Waals surface area contributed by atoms with Gasteiger partial charge in [0.2, 0.25) is 16.0 Å². The van der Waals surface area contributed by atoms with E-state index in [4.69, 9.17) is 15.1 Å². The van der Waals surface area contributed by atoms with Crippen LogP contribution in [0.25, 0.3) is 27.6 Å². The molecule has 11 nitrogen and oxygen atoms in total. The first-order chi connectivity index (χ1) is 19.3. The van der Waals surface area contributed by atoms with E-state index in [1.807, 2.05) is 22.0 Å². The van der Waals surface area contributed by atoms with Crippen LogP contribution in [0.15, 0.2) is 77.3 Å². The number of aromatic carboxylic acids is 1. The number of thiazole rings is 1. The summed E-state index contributed by atoms with van der Waals surface area (Å²) in [6.07, 6.45) is 4.93. The first-order valence-corrected chi connectivity index (χ1v) is 14.8. The lowest BCUT2D eigenvalue weighted by Gasteiger charge is -2.32. The minimum absolute atomic E-state index is 0.0271. The number of anilines is 1. The topological polar surface area (TPSA) is 150 Å². The zero-order valence-electron chi connectivity index (χ0n) is 21.0. The van der Waals surface area contributed by atoms with Crippen molar-refractivity contribution >= 4 is 38.2 Å². The van der Waals surface area contributed by atoms with E-state index in [-0.39, 0.29) is 28.8 Å². The van der Waals surface area contributed by atoms with Crippen LogP contribution in [0.3, 0.4) is 0 Å². The lowest BCUT2D eigenvalue weighted by molar-refractivity contribution is 0.0696. The summed E-state index contributed by atoms with van der Waals surface area (Å²) in [5.74, 6) is -0.614. The second-order valence-electron chi connectivity index (χ2n) is 9.36. The molecule has 0 saturated carbocycles. The smallest absolute Gasteiger partial charge is 0.335 e. The second kappa shape index (κ2) is 10.3. The van der Waals surface area contributed by atoms with Crippen molar-refractivity contribution in [2.75, 3.05) is 18.4 Å². The zero-order valence-corrected chi connectivity index (χ0v) is 22.6. The molecule has 0 spiro atoms. The Bertz CT molecular complexity index is 1820. The molecular weight excluding hydrogens is 552 g/mol. The molecule has 0 amide bonds. The Kier molecular flexibility index (Phi) is 6.70. The molecule has 0 aliphatic carbocycles. The minimum atomic E-state index is -3.80. The van der Waals surface area contributed by atoms with Gasteiger partial charge in [-0.25, -0.2) is 28.2 Å². The fourth-order valence-electron chi connectivity index (χ4n) is 4.82. The molecule has 1 fully saturated rings. The number of sulfonamides is 1. The summed E-state index contributed by atoms with van der Waals surface area (Å²) in [5, 5.41) is 24.4. The van der Waals surface area contributed by atoms with Crippen LogP contribution in [0.1, 0.15) is 23.2 Å². The van der Waals surface area contributed by atoms with Gasteiger partial charge in [-0.2, -0.15) is 4.31 Å². The molecule has 2 aromatic carbocycles. The number of aromatic hydroxyl groups is 1. The van der Waals surface area contributed by atoms with Gasteiger partial charge in [0.15, 0.2) is 4.96 Å². The number of phenolic OH excluding ortho intramolecular Hbond substituents is 1. The maximum absolute atomic E-state index is 13.3.